The number of primary amides is 1. The molecular formula is C16H14F2N2O2. The maximum atomic E-state index is 13.7. The number of amides is 2. The summed E-state index contributed by atoms with van der Waals surface area (Å²) in [5.41, 5.74) is 4.98. The molecule has 2 aromatic carbocycles. The van der Waals surface area contributed by atoms with Crippen molar-refractivity contribution in [2.45, 2.75) is 12.8 Å². The van der Waals surface area contributed by atoms with Crippen LogP contribution >= 0.6 is 0 Å². The normalized spacial score (nSPS) is 11.8. The first kappa shape index (κ1) is 15.6. The van der Waals surface area contributed by atoms with Gasteiger partial charge in [0.2, 0.25) is 5.91 Å². The molecule has 114 valence electrons. The van der Waals surface area contributed by atoms with E-state index in [1.807, 2.05) is 6.07 Å². The Labute approximate surface area is 125 Å². The molecule has 6 heteroatoms. The smallest absolute Gasteiger partial charge is 0.251 e. The van der Waals surface area contributed by atoms with Gasteiger partial charge in [-0.15, -0.1) is 0 Å². The van der Waals surface area contributed by atoms with Gasteiger partial charge in [0, 0.05) is 6.07 Å². The van der Waals surface area contributed by atoms with E-state index in [1.54, 1.807) is 31.2 Å². The second kappa shape index (κ2) is 6.34. The maximum absolute atomic E-state index is 13.7. The summed E-state index contributed by atoms with van der Waals surface area (Å²) < 4.78 is 27.1. The minimum atomic E-state index is -1.07. The Kier molecular flexibility index (Phi) is 4.50. The molecule has 0 fully saturated rings. The predicted molar refractivity (Wildman–Crippen MR) is 78.4 cm³/mol. The van der Waals surface area contributed by atoms with Crippen LogP contribution in [0.1, 0.15) is 28.8 Å². The molecule has 0 spiro atoms. The number of anilines is 1. The van der Waals surface area contributed by atoms with Crippen molar-refractivity contribution in [3.05, 3.63) is 65.2 Å². The molecule has 3 N–H and O–H groups in total. The molecule has 2 rings (SSSR count). The third kappa shape index (κ3) is 3.28. The third-order valence-corrected chi connectivity index (χ3v) is 3.27. The van der Waals surface area contributed by atoms with Gasteiger partial charge in [-0.05, 0) is 18.6 Å². The van der Waals surface area contributed by atoms with Gasteiger partial charge in [-0.25, -0.2) is 8.78 Å². The lowest BCUT2D eigenvalue weighted by Crippen LogP contribution is -2.21. The molecule has 1 atom stereocenters. The monoisotopic (exact) mass is 304 g/mol. The summed E-state index contributed by atoms with van der Waals surface area (Å²) in [5.74, 6) is -4.10. The van der Waals surface area contributed by atoms with Gasteiger partial charge in [0.15, 0.2) is 0 Å². The molecule has 2 aromatic rings. The van der Waals surface area contributed by atoms with Crippen molar-refractivity contribution in [2.75, 3.05) is 5.32 Å². The fraction of sp³-hybridized carbons (Fsp3) is 0.125. The van der Waals surface area contributed by atoms with Crippen LogP contribution in [0.3, 0.4) is 0 Å². The molecule has 2 amide bonds. The lowest BCUT2D eigenvalue weighted by atomic mass is 10.0. The molecule has 0 saturated carbocycles. The van der Waals surface area contributed by atoms with Crippen LogP contribution in [0.15, 0.2) is 42.5 Å². The topological polar surface area (TPSA) is 72.2 Å². The first-order valence-electron chi connectivity index (χ1n) is 6.54. The molecule has 1 unspecified atom stereocenters. The Balaban J connectivity index is 2.25. The van der Waals surface area contributed by atoms with Gasteiger partial charge in [-0.2, -0.15) is 0 Å². The standard InChI is InChI=1S/C16H14F2N2O2/c1-9(10-5-3-2-4-6-10)16(22)20-14-7-11(15(19)21)12(17)8-13(14)18/h2-9H,1H3,(H2,19,21)(H,20,22). The Hall–Kier alpha value is -2.76. The number of carbonyl (C=O) groups is 2. The van der Waals surface area contributed by atoms with E-state index in [9.17, 15) is 18.4 Å². The van der Waals surface area contributed by atoms with Crippen molar-refractivity contribution in [3.63, 3.8) is 0 Å². The van der Waals surface area contributed by atoms with Gasteiger partial charge in [0.05, 0.1) is 17.2 Å². The highest BCUT2D eigenvalue weighted by atomic mass is 19.1. The summed E-state index contributed by atoms with van der Waals surface area (Å²) in [6.45, 7) is 1.65. The van der Waals surface area contributed by atoms with Crippen LogP contribution < -0.4 is 11.1 Å². The van der Waals surface area contributed by atoms with Gasteiger partial charge < -0.3 is 11.1 Å². The largest absolute Gasteiger partial charge is 0.366 e. The van der Waals surface area contributed by atoms with E-state index >= 15 is 0 Å². The quantitative estimate of drug-likeness (QED) is 0.911. The zero-order valence-corrected chi connectivity index (χ0v) is 11.8. The zero-order valence-electron chi connectivity index (χ0n) is 11.8. The summed E-state index contributed by atoms with van der Waals surface area (Å²) in [4.78, 5) is 23.2. The minimum Gasteiger partial charge on any atom is -0.366 e. The van der Waals surface area contributed by atoms with Crippen LogP contribution in [-0.2, 0) is 4.79 Å². The Morgan fingerprint density at radius 1 is 1.09 bits per heavy atom. The van der Waals surface area contributed by atoms with Gasteiger partial charge >= 0.3 is 0 Å². The van der Waals surface area contributed by atoms with E-state index in [1.165, 1.54) is 0 Å². The summed E-state index contributed by atoms with van der Waals surface area (Å²) in [6, 6.07) is 10.3. The van der Waals surface area contributed by atoms with Gasteiger partial charge in [-0.1, -0.05) is 30.3 Å². The average molecular weight is 304 g/mol. The number of halogens is 2. The van der Waals surface area contributed by atoms with Crippen LogP contribution in [0.25, 0.3) is 0 Å². The predicted octanol–water partition coefficient (Wildman–Crippen LogP) is 2.81. The highest BCUT2D eigenvalue weighted by Crippen LogP contribution is 2.22. The Bertz CT molecular complexity index is 718. The van der Waals surface area contributed by atoms with Crippen molar-refractivity contribution < 1.29 is 18.4 Å². The lowest BCUT2D eigenvalue weighted by Gasteiger charge is -2.13. The molecule has 0 aliphatic heterocycles. The molecule has 0 aliphatic carbocycles. The van der Waals surface area contributed by atoms with Gasteiger partial charge in [0.1, 0.15) is 11.6 Å². The summed E-state index contributed by atoms with van der Waals surface area (Å²) in [7, 11) is 0. The fourth-order valence-electron chi connectivity index (χ4n) is 1.97. The first-order valence-corrected chi connectivity index (χ1v) is 6.54. The molecular weight excluding hydrogens is 290 g/mol. The number of rotatable bonds is 4. The molecule has 22 heavy (non-hydrogen) atoms. The highest BCUT2D eigenvalue weighted by Gasteiger charge is 2.19. The molecule has 0 saturated heterocycles. The summed E-state index contributed by atoms with van der Waals surface area (Å²) in [6.07, 6.45) is 0. The maximum Gasteiger partial charge on any atom is 0.251 e. The number of nitrogens with two attached hydrogens (primary N) is 1. The van der Waals surface area contributed by atoms with Crippen molar-refractivity contribution >= 4 is 17.5 Å². The third-order valence-electron chi connectivity index (χ3n) is 3.27. The van der Waals surface area contributed by atoms with Crippen molar-refractivity contribution in [1.82, 2.24) is 0 Å². The number of hydrogen-bond donors (Lipinski definition) is 2. The number of carbonyl (C=O) groups excluding carboxylic acids is 2. The first-order chi connectivity index (χ1) is 10.4. The number of hydrogen-bond acceptors (Lipinski definition) is 2. The van der Waals surface area contributed by atoms with E-state index in [0.29, 0.717) is 6.07 Å². The second-order valence-corrected chi connectivity index (χ2v) is 4.80. The van der Waals surface area contributed by atoms with Crippen molar-refractivity contribution in [1.29, 1.82) is 0 Å². The van der Waals surface area contributed by atoms with Crippen molar-refractivity contribution in [2.24, 2.45) is 5.73 Å². The van der Waals surface area contributed by atoms with Crippen LogP contribution in [-0.4, -0.2) is 11.8 Å². The van der Waals surface area contributed by atoms with Crippen molar-refractivity contribution in [3.8, 4) is 0 Å². The van der Waals surface area contributed by atoms with Crippen LogP contribution in [0.5, 0.6) is 0 Å². The molecule has 0 aliphatic rings. The molecule has 0 heterocycles. The summed E-state index contributed by atoms with van der Waals surface area (Å²) in [5, 5.41) is 2.34. The van der Waals surface area contributed by atoms with E-state index in [-0.39, 0.29) is 5.69 Å². The molecule has 0 bridgehead atoms. The summed E-state index contributed by atoms with van der Waals surface area (Å²) >= 11 is 0. The van der Waals surface area contributed by atoms with E-state index in [0.717, 1.165) is 11.6 Å². The molecule has 0 aromatic heterocycles. The van der Waals surface area contributed by atoms with Crippen LogP contribution in [0.4, 0.5) is 14.5 Å². The van der Waals surface area contributed by atoms with Crippen LogP contribution in [0.2, 0.25) is 0 Å². The molecule has 0 radical (unpaired) electrons. The Morgan fingerprint density at radius 2 is 1.73 bits per heavy atom. The number of benzene rings is 2. The van der Waals surface area contributed by atoms with E-state index in [2.05, 4.69) is 5.32 Å². The Morgan fingerprint density at radius 3 is 2.32 bits per heavy atom. The highest BCUT2D eigenvalue weighted by molar-refractivity contribution is 5.98. The molecule has 4 nitrogen and oxygen atoms in total. The van der Waals surface area contributed by atoms with E-state index in [4.69, 9.17) is 5.73 Å². The van der Waals surface area contributed by atoms with E-state index < -0.39 is 34.9 Å². The second-order valence-electron chi connectivity index (χ2n) is 4.80. The van der Waals surface area contributed by atoms with Crippen LogP contribution in [0, 0.1) is 11.6 Å². The number of nitrogens with one attached hydrogen (secondary N) is 1. The minimum absolute atomic E-state index is 0.289. The van der Waals surface area contributed by atoms with Gasteiger partial charge in [-0.3, -0.25) is 9.59 Å². The SMILES string of the molecule is CC(C(=O)Nc1cc(C(N)=O)c(F)cc1F)c1ccccc1. The average Bonchev–Trinajstić information content (AvgIpc) is 2.49. The lowest BCUT2D eigenvalue weighted by molar-refractivity contribution is -0.117. The van der Waals surface area contributed by atoms with Gasteiger partial charge in [0.25, 0.3) is 5.91 Å². The fourth-order valence-corrected chi connectivity index (χ4v) is 1.97. The zero-order chi connectivity index (χ0) is 16.3.